The number of aromatic nitrogens is 2. The van der Waals surface area contributed by atoms with E-state index < -0.39 is 16.9 Å². The quantitative estimate of drug-likeness (QED) is 0.231. The maximum atomic E-state index is 11.8. The fourth-order valence-corrected chi connectivity index (χ4v) is 4.44. The van der Waals surface area contributed by atoms with Crippen LogP contribution in [-0.4, -0.2) is 36.6 Å². The molecule has 2 aromatic carbocycles. The molecule has 1 aromatic heterocycles. The fraction of sp³-hybridized carbons (Fsp3) is 0.261. The van der Waals surface area contributed by atoms with Crippen molar-refractivity contribution in [3.63, 3.8) is 0 Å². The molecule has 10 heteroatoms. The Kier molecular flexibility index (Phi) is 7.83. The third-order valence-corrected chi connectivity index (χ3v) is 6.17. The Morgan fingerprint density at radius 2 is 1.79 bits per heavy atom. The molecule has 3 aromatic rings. The molecule has 0 radical (unpaired) electrons. The van der Waals surface area contributed by atoms with Crippen LogP contribution in [0.3, 0.4) is 0 Å². The summed E-state index contributed by atoms with van der Waals surface area (Å²) in [5, 5.41) is 30.3. The van der Waals surface area contributed by atoms with Gasteiger partial charge in [0, 0.05) is 17.1 Å². The zero-order valence-corrected chi connectivity index (χ0v) is 18.7. The zero-order chi connectivity index (χ0) is 24.0. The van der Waals surface area contributed by atoms with E-state index in [4.69, 9.17) is 5.11 Å². The Morgan fingerprint density at radius 3 is 2.39 bits per heavy atom. The summed E-state index contributed by atoms with van der Waals surface area (Å²) in [6.45, 7) is 2.31. The number of thioether (sulfide) groups is 1. The number of nitrogens with zero attached hydrogens (tertiary/aromatic N) is 3. The highest BCUT2D eigenvalue weighted by molar-refractivity contribution is 7.98. The molecular weight excluding hydrogens is 446 g/mol. The summed E-state index contributed by atoms with van der Waals surface area (Å²) >= 11 is 1.20. The first-order valence-corrected chi connectivity index (χ1v) is 11.3. The Balaban J connectivity index is 1.99. The topological polar surface area (TPSA) is 136 Å². The van der Waals surface area contributed by atoms with Gasteiger partial charge in [-0.2, -0.15) is 0 Å². The maximum absolute atomic E-state index is 11.8. The van der Waals surface area contributed by atoms with Crippen molar-refractivity contribution >= 4 is 29.5 Å². The predicted molar refractivity (Wildman–Crippen MR) is 123 cm³/mol. The van der Waals surface area contributed by atoms with E-state index in [0.717, 1.165) is 18.4 Å². The van der Waals surface area contributed by atoms with Crippen LogP contribution in [-0.2, 0) is 18.7 Å². The van der Waals surface area contributed by atoms with E-state index >= 15 is 0 Å². The van der Waals surface area contributed by atoms with Crippen molar-refractivity contribution < 1.29 is 24.7 Å². The van der Waals surface area contributed by atoms with Gasteiger partial charge in [-0.25, -0.2) is 9.59 Å². The summed E-state index contributed by atoms with van der Waals surface area (Å²) in [4.78, 5) is 38.7. The van der Waals surface area contributed by atoms with Crippen LogP contribution in [0.15, 0.2) is 53.4 Å². The summed E-state index contributed by atoms with van der Waals surface area (Å²) in [5.74, 6) is -1.61. The van der Waals surface area contributed by atoms with Gasteiger partial charge in [0.05, 0.1) is 17.7 Å². The number of aryl methyl sites for hydroxylation is 1. The molecule has 0 saturated heterocycles. The lowest BCUT2D eigenvalue weighted by atomic mass is 10.1. The van der Waals surface area contributed by atoms with E-state index in [2.05, 4.69) is 4.98 Å². The minimum absolute atomic E-state index is 0.131. The van der Waals surface area contributed by atoms with Gasteiger partial charge in [-0.15, -0.1) is 11.8 Å². The number of aromatic carboxylic acids is 2. The number of hydrogen-bond donors (Lipinski definition) is 2. The number of carboxylic acid groups (broad SMARTS) is 2. The second kappa shape index (κ2) is 10.8. The van der Waals surface area contributed by atoms with Crippen molar-refractivity contribution in [3.8, 4) is 0 Å². The molecule has 0 spiro atoms. The average Bonchev–Trinajstić information content (AvgIpc) is 3.14. The van der Waals surface area contributed by atoms with Crippen LogP contribution in [0.1, 0.15) is 57.6 Å². The number of rotatable bonds is 11. The normalized spacial score (nSPS) is 10.8. The Bertz CT molecular complexity index is 1170. The molecule has 0 saturated carbocycles. The highest BCUT2D eigenvalue weighted by Gasteiger charge is 2.27. The van der Waals surface area contributed by atoms with E-state index in [0.29, 0.717) is 22.8 Å². The lowest BCUT2D eigenvalue weighted by molar-refractivity contribution is -0.390. The highest BCUT2D eigenvalue weighted by Crippen LogP contribution is 2.31. The summed E-state index contributed by atoms with van der Waals surface area (Å²) in [7, 11) is 0. The predicted octanol–water partition coefficient (Wildman–Crippen LogP) is 4.87. The van der Waals surface area contributed by atoms with Crippen molar-refractivity contribution in [2.24, 2.45) is 0 Å². The van der Waals surface area contributed by atoms with Gasteiger partial charge in [0.15, 0.2) is 0 Å². The van der Waals surface area contributed by atoms with Gasteiger partial charge in [-0.1, -0.05) is 37.6 Å². The summed E-state index contributed by atoms with van der Waals surface area (Å²) < 4.78 is 1.79. The molecule has 0 amide bonds. The Hall–Kier alpha value is -3.66. The molecule has 1 heterocycles. The van der Waals surface area contributed by atoms with E-state index in [1.807, 2.05) is 6.92 Å². The molecule has 0 aliphatic heterocycles. The smallest absolute Gasteiger partial charge is 0.386 e. The molecule has 2 N–H and O–H groups in total. The van der Waals surface area contributed by atoms with Crippen molar-refractivity contribution in [1.82, 2.24) is 9.55 Å². The minimum atomic E-state index is -1.07. The van der Waals surface area contributed by atoms with E-state index in [1.54, 1.807) is 34.9 Å². The summed E-state index contributed by atoms with van der Waals surface area (Å²) in [6, 6.07) is 12.8. The van der Waals surface area contributed by atoms with Gasteiger partial charge in [-0.3, -0.25) is 0 Å². The van der Waals surface area contributed by atoms with E-state index in [9.17, 15) is 24.8 Å². The second-order valence-electron chi connectivity index (χ2n) is 7.34. The molecule has 33 heavy (non-hydrogen) atoms. The molecule has 9 nitrogen and oxygen atoms in total. The molecule has 0 bridgehead atoms. The van der Waals surface area contributed by atoms with Crippen molar-refractivity contribution in [3.05, 3.63) is 86.9 Å². The minimum Gasteiger partial charge on any atom is -0.478 e. The number of imidazole rings is 1. The largest absolute Gasteiger partial charge is 0.478 e. The molecule has 0 aliphatic carbocycles. The van der Waals surface area contributed by atoms with Crippen LogP contribution in [0.4, 0.5) is 5.82 Å². The molecule has 0 unspecified atom stereocenters. The molecular formula is C23H23N3O6S. The lowest BCUT2D eigenvalue weighted by Crippen LogP contribution is -2.09. The zero-order valence-electron chi connectivity index (χ0n) is 17.9. The number of unbranched alkanes of at least 4 members (excludes halogenated alkanes) is 1. The third-order valence-electron chi connectivity index (χ3n) is 5.08. The SMILES string of the molecule is CCCCc1nc([N+](=O)[O-])c(CSc2ccccc2C(=O)O)n1Cc1ccc(C(=O)O)cc1. The summed E-state index contributed by atoms with van der Waals surface area (Å²) in [6.07, 6.45) is 2.26. The number of carboxylic acids is 2. The van der Waals surface area contributed by atoms with Crippen molar-refractivity contribution in [1.29, 1.82) is 0 Å². The fourth-order valence-electron chi connectivity index (χ4n) is 3.38. The first-order valence-electron chi connectivity index (χ1n) is 10.3. The van der Waals surface area contributed by atoms with E-state index in [-0.39, 0.29) is 29.2 Å². The Morgan fingerprint density at radius 1 is 1.09 bits per heavy atom. The molecule has 172 valence electrons. The highest BCUT2D eigenvalue weighted by atomic mass is 32.2. The van der Waals surface area contributed by atoms with Gasteiger partial charge >= 0.3 is 17.8 Å². The van der Waals surface area contributed by atoms with Gasteiger partial charge in [-0.05, 0) is 46.2 Å². The standard InChI is InChI=1S/C23H23N3O6S/c1-2-3-8-20-24-21(26(31)32)18(14-33-19-7-5-4-6-17(19)23(29)30)25(20)13-15-9-11-16(12-10-15)22(27)28/h4-7,9-12H,2-3,8,13-14H2,1H3,(H,27,28)(H,29,30). The molecule has 3 rings (SSSR count). The first kappa shape index (κ1) is 24.0. The van der Waals surface area contributed by atoms with Gasteiger partial charge in [0.2, 0.25) is 5.82 Å². The second-order valence-corrected chi connectivity index (χ2v) is 8.35. The van der Waals surface area contributed by atoms with Crippen LogP contribution in [0, 0.1) is 10.1 Å². The molecule has 0 aliphatic rings. The van der Waals surface area contributed by atoms with Gasteiger partial charge < -0.3 is 24.9 Å². The van der Waals surface area contributed by atoms with Crippen LogP contribution in [0.2, 0.25) is 0 Å². The van der Waals surface area contributed by atoms with Crippen LogP contribution in [0.25, 0.3) is 0 Å². The van der Waals surface area contributed by atoms with Crippen molar-refractivity contribution in [2.45, 2.75) is 43.4 Å². The maximum Gasteiger partial charge on any atom is 0.386 e. The number of carbonyl (C=O) groups is 2. The van der Waals surface area contributed by atoms with Gasteiger partial charge in [0.25, 0.3) is 0 Å². The summed E-state index contributed by atoms with van der Waals surface area (Å²) in [5.41, 5.74) is 1.45. The van der Waals surface area contributed by atoms with Crippen molar-refractivity contribution in [2.75, 3.05) is 0 Å². The van der Waals surface area contributed by atoms with Crippen LogP contribution >= 0.6 is 11.8 Å². The van der Waals surface area contributed by atoms with Crippen LogP contribution in [0.5, 0.6) is 0 Å². The van der Waals surface area contributed by atoms with Gasteiger partial charge in [0.1, 0.15) is 5.69 Å². The molecule has 0 fully saturated rings. The van der Waals surface area contributed by atoms with Crippen LogP contribution < -0.4 is 0 Å². The molecule has 0 atom stereocenters. The number of benzene rings is 2. The number of nitro groups is 1. The first-order chi connectivity index (χ1) is 15.8. The van der Waals surface area contributed by atoms with E-state index in [1.165, 1.54) is 30.0 Å². The average molecular weight is 470 g/mol. The number of hydrogen-bond acceptors (Lipinski definition) is 6. The monoisotopic (exact) mass is 469 g/mol. The third kappa shape index (κ3) is 5.78. The Labute approximate surface area is 194 Å². The lowest BCUT2D eigenvalue weighted by Gasteiger charge is -2.11.